The zero-order valence-corrected chi connectivity index (χ0v) is 10.1. The SMILES string of the molecule is O=C1C2CCCN2C(=O)CN1CCCCCl. The van der Waals surface area contributed by atoms with Gasteiger partial charge in [-0.05, 0) is 25.7 Å². The minimum atomic E-state index is -0.169. The summed E-state index contributed by atoms with van der Waals surface area (Å²) in [6, 6.07) is -0.169. The van der Waals surface area contributed by atoms with Crippen LogP contribution in [-0.2, 0) is 9.59 Å². The van der Waals surface area contributed by atoms with Gasteiger partial charge in [0.15, 0.2) is 0 Å². The zero-order chi connectivity index (χ0) is 11.5. The van der Waals surface area contributed by atoms with Crippen LogP contribution in [0.3, 0.4) is 0 Å². The van der Waals surface area contributed by atoms with Gasteiger partial charge in [-0.25, -0.2) is 0 Å². The molecule has 1 unspecified atom stereocenters. The maximum atomic E-state index is 12.0. The van der Waals surface area contributed by atoms with Gasteiger partial charge in [-0.2, -0.15) is 0 Å². The molecule has 90 valence electrons. The number of hydrogen-bond donors (Lipinski definition) is 0. The first-order valence-corrected chi connectivity index (χ1v) is 6.41. The van der Waals surface area contributed by atoms with E-state index in [1.54, 1.807) is 9.80 Å². The fraction of sp³-hybridized carbons (Fsp3) is 0.818. The molecule has 0 N–H and O–H groups in total. The average molecular weight is 245 g/mol. The van der Waals surface area contributed by atoms with E-state index in [4.69, 9.17) is 11.6 Å². The summed E-state index contributed by atoms with van der Waals surface area (Å²) in [5.74, 6) is 0.852. The Morgan fingerprint density at radius 3 is 2.88 bits per heavy atom. The third-order valence-corrected chi connectivity index (χ3v) is 3.57. The van der Waals surface area contributed by atoms with E-state index in [-0.39, 0.29) is 24.4 Å². The first-order chi connectivity index (χ1) is 7.74. The van der Waals surface area contributed by atoms with E-state index in [1.807, 2.05) is 0 Å². The second kappa shape index (κ2) is 5.04. The molecule has 2 rings (SSSR count). The van der Waals surface area contributed by atoms with Crippen molar-refractivity contribution in [1.29, 1.82) is 0 Å². The van der Waals surface area contributed by atoms with Crippen LogP contribution in [-0.4, -0.2) is 53.2 Å². The predicted molar refractivity (Wildman–Crippen MR) is 61.3 cm³/mol. The van der Waals surface area contributed by atoms with Gasteiger partial charge in [0.2, 0.25) is 11.8 Å². The molecule has 1 atom stereocenters. The number of hydrogen-bond acceptors (Lipinski definition) is 2. The highest BCUT2D eigenvalue weighted by atomic mass is 35.5. The smallest absolute Gasteiger partial charge is 0.245 e. The number of halogens is 1. The first kappa shape index (κ1) is 11.7. The van der Waals surface area contributed by atoms with E-state index in [0.717, 1.165) is 32.2 Å². The number of fused-ring (bicyclic) bond motifs is 1. The van der Waals surface area contributed by atoms with Crippen LogP contribution in [0.4, 0.5) is 0 Å². The number of carbonyl (C=O) groups excluding carboxylic acids is 2. The van der Waals surface area contributed by atoms with Crippen LogP contribution in [0, 0.1) is 0 Å². The van der Waals surface area contributed by atoms with Crippen molar-refractivity contribution in [2.24, 2.45) is 0 Å². The minimum Gasteiger partial charge on any atom is -0.332 e. The van der Waals surface area contributed by atoms with Crippen molar-refractivity contribution in [3.63, 3.8) is 0 Å². The largest absolute Gasteiger partial charge is 0.332 e. The molecule has 16 heavy (non-hydrogen) atoms. The van der Waals surface area contributed by atoms with Crippen molar-refractivity contribution in [3.05, 3.63) is 0 Å². The molecule has 2 saturated heterocycles. The predicted octanol–water partition coefficient (Wildman–Crippen LogP) is 0.839. The molecule has 0 spiro atoms. The van der Waals surface area contributed by atoms with Crippen molar-refractivity contribution in [2.45, 2.75) is 31.7 Å². The van der Waals surface area contributed by atoms with Crippen molar-refractivity contribution in [1.82, 2.24) is 9.80 Å². The van der Waals surface area contributed by atoms with Crippen LogP contribution in [0.2, 0.25) is 0 Å². The highest BCUT2D eigenvalue weighted by Crippen LogP contribution is 2.23. The molecular weight excluding hydrogens is 228 g/mol. The highest BCUT2D eigenvalue weighted by molar-refractivity contribution is 6.17. The summed E-state index contributed by atoms with van der Waals surface area (Å²) in [6.07, 6.45) is 3.57. The van der Waals surface area contributed by atoms with Crippen LogP contribution in [0.1, 0.15) is 25.7 Å². The van der Waals surface area contributed by atoms with Gasteiger partial charge in [-0.3, -0.25) is 9.59 Å². The monoisotopic (exact) mass is 244 g/mol. The van der Waals surface area contributed by atoms with E-state index in [0.29, 0.717) is 12.4 Å². The van der Waals surface area contributed by atoms with Gasteiger partial charge < -0.3 is 9.80 Å². The van der Waals surface area contributed by atoms with Crippen LogP contribution in [0.15, 0.2) is 0 Å². The van der Waals surface area contributed by atoms with Gasteiger partial charge in [0, 0.05) is 19.0 Å². The fourth-order valence-electron chi connectivity index (χ4n) is 2.45. The number of alkyl halides is 1. The summed E-state index contributed by atoms with van der Waals surface area (Å²) in [5, 5.41) is 0. The Morgan fingerprint density at radius 1 is 1.31 bits per heavy atom. The normalized spacial score (nSPS) is 25.2. The molecule has 4 nitrogen and oxygen atoms in total. The number of piperazine rings is 1. The molecule has 0 aromatic rings. The van der Waals surface area contributed by atoms with Gasteiger partial charge in [-0.15, -0.1) is 11.6 Å². The molecule has 2 fully saturated rings. The second-order valence-corrected chi connectivity index (χ2v) is 4.78. The van der Waals surface area contributed by atoms with Crippen LogP contribution < -0.4 is 0 Å². The Morgan fingerprint density at radius 2 is 2.12 bits per heavy atom. The standard InChI is InChI=1S/C11H17ClN2O2/c12-5-1-2-6-13-8-10(15)14-7-3-4-9(14)11(13)16/h9H,1-8H2. The molecular formula is C11H17ClN2O2. The molecule has 5 heteroatoms. The summed E-state index contributed by atoms with van der Waals surface area (Å²) in [7, 11) is 0. The maximum Gasteiger partial charge on any atom is 0.245 e. The number of rotatable bonds is 4. The Labute approximate surface area is 101 Å². The lowest BCUT2D eigenvalue weighted by atomic mass is 10.1. The van der Waals surface area contributed by atoms with Crippen molar-refractivity contribution < 1.29 is 9.59 Å². The van der Waals surface area contributed by atoms with Crippen molar-refractivity contribution >= 4 is 23.4 Å². The molecule has 2 aliphatic heterocycles. The van der Waals surface area contributed by atoms with Crippen molar-refractivity contribution in [2.75, 3.05) is 25.5 Å². The van der Waals surface area contributed by atoms with Crippen LogP contribution in [0.5, 0.6) is 0 Å². The molecule has 0 aliphatic carbocycles. The van der Waals surface area contributed by atoms with Gasteiger partial charge in [0.25, 0.3) is 0 Å². The topological polar surface area (TPSA) is 40.6 Å². The Balaban J connectivity index is 1.94. The van der Waals surface area contributed by atoms with E-state index >= 15 is 0 Å². The second-order valence-electron chi connectivity index (χ2n) is 4.40. The van der Waals surface area contributed by atoms with E-state index in [9.17, 15) is 9.59 Å². The Hall–Kier alpha value is -0.770. The quantitative estimate of drug-likeness (QED) is 0.543. The summed E-state index contributed by atoms with van der Waals surface area (Å²) in [4.78, 5) is 27.2. The Kier molecular flexibility index (Phi) is 3.69. The van der Waals surface area contributed by atoms with Gasteiger partial charge in [0.1, 0.15) is 6.04 Å². The highest BCUT2D eigenvalue weighted by Gasteiger charge is 2.41. The summed E-state index contributed by atoms with van der Waals surface area (Å²) >= 11 is 5.59. The summed E-state index contributed by atoms with van der Waals surface area (Å²) in [6.45, 7) is 1.68. The molecule has 0 radical (unpaired) electrons. The fourth-order valence-corrected chi connectivity index (χ4v) is 2.64. The summed E-state index contributed by atoms with van der Waals surface area (Å²) in [5.41, 5.74) is 0. The minimum absolute atomic E-state index is 0.105. The third-order valence-electron chi connectivity index (χ3n) is 3.31. The van der Waals surface area contributed by atoms with E-state index in [2.05, 4.69) is 0 Å². The third kappa shape index (κ3) is 2.17. The van der Waals surface area contributed by atoms with Crippen LogP contribution in [0.25, 0.3) is 0 Å². The van der Waals surface area contributed by atoms with Crippen molar-refractivity contribution in [3.8, 4) is 0 Å². The number of unbranched alkanes of at least 4 members (excludes halogenated alkanes) is 1. The molecule has 0 aromatic heterocycles. The van der Waals surface area contributed by atoms with Gasteiger partial charge in [0.05, 0.1) is 6.54 Å². The maximum absolute atomic E-state index is 12.0. The van der Waals surface area contributed by atoms with Gasteiger partial charge in [-0.1, -0.05) is 0 Å². The molecule has 0 saturated carbocycles. The van der Waals surface area contributed by atoms with Gasteiger partial charge >= 0.3 is 0 Å². The first-order valence-electron chi connectivity index (χ1n) is 5.88. The lowest BCUT2D eigenvalue weighted by Crippen LogP contribution is -2.57. The molecule has 0 aromatic carbocycles. The number of nitrogens with zero attached hydrogens (tertiary/aromatic N) is 2. The van der Waals surface area contributed by atoms with Crippen LogP contribution >= 0.6 is 11.6 Å². The molecule has 0 bridgehead atoms. The summed E-state index contributed by atoms with van der Waals surface area (Å²) < 4.78 is 0. The number of amides is 2. The van der Waals surface area contributed by atoms with E-state index < -0.39 is 0 Å². The Bertz CT molecular complexity index is 296. The molecule has 2 heterocycles. The number of carbonyl (C=O) groups is 2. The lowest BCUT2D eigenvalue weighted by Gasteiger charge is -2.36. The average Bonchev–Trinajstić information content (AvgIpc) is 2.75. The lowest BCUT2D eigenvalue weighted by molar-refractivity contribution is -0.153. The molecule has 2 amide bonds. The molecule has 2 aliphatic rings. The van der Waals surface area contributed by atoms with E-state index in [1.165, 1.54) is 0 Å². The zero-order valence-electron chi connectivity index (χ0n) is 9.32.